The van der Waals surface area contributed by atoms with Crippen LogP contribution in [0.1, 0.15) is 51.9 Å². The number of carboxylic acid groups (broad SMARTS) is 1. The predicted molar refractivity (Wildman–Crippen MR) is 89.3 cm³/mol. The third-order valence-electron chi connectivity index (χ3n) is 3.53. The first kappa shape index (κ1) is 17.8. The minimum Gasteiger partial charge on any atom is -0.480 e. The molecule has 0 radical (unpaired) electrons. The molecule has 3 nitrogen and oxygen atoms in total. The van der Waals surface area contributed by atoms with Crippen LogP contribution < -0.4 is 4.90 Å². The van der Waals surface area contributed by atoms with Crippen molar-refractivity contribution in [1.82, 2.24) is 0 Å². The third-order valence-corrected chi connectivity index (χ3v) is 3.77. The average molecular weight is 312 g/mol. The summed E-state index contributed by atoms with van der Waals surface area (Å²) >= 11 is 5.98. The number of benzene rings is 1. The molecule has 4 heteroatoms. The summed E-state index contributed by atoms with van der Waals surface area (Å²) in [6.45, 7) is 3.01. The van der Waals surface area contributed by atoms with Crippen LogP contribution in [-0.4, -0.2) is 24.2 Å². The predicted octanol–water partition coefficient (Wildman–Crippen LogP) is 4.98. The van der Waals surface area contributed by atoms with Crippen LogP contribution in [0.5, 0.6) is 0 Å². The van der Waals surface area contributed by atoms with Gasteiger partial charge in [-0.3, -0.25) is 4.79 Å². The second-order valence-corrected chi connectivity index (χ2v) is 5.85. The molecule has 0 saturated carbocycles. The molecule has 0 aliphatic rings. The maximum Gasteiger partial charge on any atom is 0.323 e. The van der Waals surface area contributed by atoms with Gasteiger partial charge in [0.25, 0.3) is 0 Å². The lowest BCUT2D eigenvalue weighted by Crippen LogP contribution is -2.30. The molecular formula is C17H26ClNO2. The number of carboxylic acids is 1. The Hall–Kier alpha value is -1.22. The molecule has 0 aromatic heterocycles. The molecule has 0 bridgehead atoms. The van der Waals surface area contributed by atoms with Gasteiger partial charge < -0.3 is 10.0 Å². The number of aliphatic carboxylic acids is 1. The molecule has 0 heterocycles. The minimum atomic E-state index is -0.807. The van der Waals surface area contributed by atoms with Crippen LogP contribution in [-0.2, 0) is 4.79 Å². The summed E-state index contributed by atoms with van der Waals surface area (Å²) in [6, 6.07) is 7.40. The van der Waals surface area contributed by atoms with Crippen molar-refractivity contribution in [1.29, 1.82) is 0 Å². The first-order valence-corrected chi connectivity index (χ1v) is 8.23. The number of nitrogens with zero attached hydrogens (tertiary/aromatic N) is 1. The SMILES string of the molecule is CCCCCCCCCN(CC(=O)O)c1cccc(Cl)c1. The highest BCUT2D eigenvalue weighted by Gasteiger charge is 2.10. The van der Waals surface area contributed by atoms with E-state index in [0.29, 0.717) is 5.02 Å². The Kier molecular flexibility index (Phi) is 8.91. The Balaban J connectivity index is 2.39. The summed E-state index contributed by atoms with van der Waals surface area (Å²) in [7, 11) is 0. The van der Waals surface area contributed by atoms with Crippen molar-refractivity contribution in [2.24, 2.45) is 0 Å². The number of halogens is 1. The van der Waals surface area contributed by atoms with E-state index < -0.39 is 5.97 Å². The van der Waals surface area contributed by atoms with Crippen molar-refractivity contribution in [3.8, 4) is 0 Å². The van der Waals surface area contributed by atoms with E-state index in [2.05, 4.69) is 6.92 Å². The Morgan fingerprint density at radius 1 is 1.14 bits per heavy atom. The number of rotatable bonds is 11. The molecule has 0 aliphatic heterocycles. The minimum absolute atomic E-state index is 0.0240. The molecule has 1 aromatic carbocycles. The van der Waals surface area contributed by atoms with E-state index >= 15 is 0 Å². The third kappa shape index (κ3) is 7.96. The quantitative estimate of drug-likeness (QED) is 0.586. The zero-order valence-corrected chi connectivity index (χ0v) is 13.6. The fourth-order valence-corrected chi connectivity index (χ4v) is 2.58. The number of anilines is 1. The molecule has 118 valence electrons. The van der Waals surface area contributed by atoms with Gasteiger partial charge in [0.1, 0.15) is 6.54 Å². The Labute approximate surface area is 132 Å². The topological polar surface area (TPSA) is 40.5 Å². The fourth-order valence-electron chi connectivity index (χ4n) is 2.40. The van der Waals surface area contributed by atoms with E-state index in [1.165, 1.54) is 32.1 Å². The smallest absolute Gasteiger partial charge is 0.323 e. The normalized spacial score (nSPS) is 10.6. The molecule has 0 unspecified atom stereocenters. The lowest BCUT2D eigenvalue weighted by Gasteiger charge is -2.23. The summed E-state index contributed by atoms with van der Waals surface area (Å²) in [5, 5.41) is 9.68. The Bertz CT molecular complexity index is 423. The molecule has 0 saturated heterocycles. The highest BCUT2D eigenvalue weighted by atomic mass is 35.5. The van der Waals surface area contributed by atoms with Gasteiger partial charge in [-0.05, 0) is 24.6 Å². The summed E-state index contributed by atoms with van der Waals surface area (Å²) < 4.78 is 0. The maximum absolute atomic E-state index is 11.0. The Morgan fingerprint density at radius 3 is 2.43 bits per heavy atom. The van der Waals surface area contributed by atoms with Crippen molar-refractivity contribution in [2.75, 3.05) is 18.0 Å². The summed E-state index contributed by atoms with van der Waals surface area (Å²) in [5.41, 5.74) is 0.885. The van der Waals surface area contributed by atoms with Gasteiger partial charge in [-0.2, -0.15) is 0 Å². The second kappa shape index (κ2) is 10.5. The second-order valence-electron chi connectivity index (χ2n) is 5.42. The van der Waals surface area contributed by atoms with Crippen LogP contribution in [0.4, 0.5) is 5.69 Å². The first-order chi connectivity index (χ1) is 10.1. The maximum atomic E-state index is 11.0. The van der Waals surface area contributed by atoms with E-state index in [1.54, 1.807) is 6.07 Å². The van der Waals surface area contributed by atoms with Gasteiger partial charge in [0.2, 0.25) is 0 Å². The van der Waals surface area contributed by atoms with Gasteiger partial charge in [0.15, 0.2) is 0 Å². The molecule has 0 aliphatic carbocycles. The van der Waals surface area contributed by atoms with Crippen molar-refractivity contribution in [3.63, 3.8) is 0 Å². The van der Waals surface area contributed by atoms with Gasteiger partial charge in [0, 0.05) is 17.3 Å². The number of hydrogen-bond donors (Lipinski definition) is 1. The fraction of sp³-hybridized carbons (Fsp3) is 0.588. The van der Waals surface area contributed by atoms with Crippen molar-refractivity contribution in [2.45, 2.75) is 51.9 Å². The van der Waals surface area contributed by atoms with Gasteiger partial charge in [-0.25, -0.2) is 0 Å². The highest BCUT2D eigenvalue weighted by Crippen LogP contribution is 2.20. The molecule has 1 rings (SSSR count). The van der Waals surface area contributed by atoms with Gasteiger partial charge in [0.05, 0.1) is 0 Å². The van der Waals surface area contributed by atoms with Gasteiger partial charge in [-0.15, -0.1) is 0 Å². The number of unbranched alkanes of at least 4 members (excludes halogenated alkanes) is 6. The number of carbonyl (C=O) groups is 1. The van der Waals surface area contributed by atoms with E-state index in [1.807, 2.05) is 23.1 Å². The lowest BCUT2D eigenvalue weighted by atomic mass is 10.1. The first-order valence-electron chi connectivity index (χ1n) is 7.85. The average Bonchev–Trinajstić information content (AvgIpc) is 2.44. The van der Waals surface area contributed by atoms with E-state index in [0.717, 1.165) is 25.1 Å². The largest absolute Gasteiger partial charge is 0.480 e. The van der Waals surface area contributed by atoms with Crippen molar-refractivity contribution >= 4 is 23.3 Å². The van der Waals surface area contributed by atoms with Crippen LogP contribution in [0.3, 0.4) is 0 Å². The van der Waals surface area contributed by atoms with E-state index in [4.69, 9.17) is 16.7 Å². The lowest BCUT2D eigenvalue weighted by molar-refractivity contribution is -0.135. The van der Waals surface area contributed by atoms with Gasteiger partial charge >= 0.3 is 5.97 Å². The molecular weight excluding hydrogens is 286 g/mol. The van der Waals surface area contributed by atoms with Crippen LogP contribution >= 0.6 is 11.6 Å². The van der Waals surface area contributed by atoms with Crippen LogP contribution in [0.2, 0.25) is 5.02 Å². The van der Waals surface area contributed by atoms with Crippen molar-refractivity contribution in [3.05, 3.63) is 29.3 Å². The molecule has 0 atom stereocenters. The molecule has 0 spiro atoms. The summed E-state index contributed by atoms with van der Waals surface area (Å²) in [4.78, 5) is 12.9. The standard InChI is InChI=1S/C17H26ClNO2/c1-2-3-4-5-6-7-8-12-19(14-17(20)21)16-11-9-10-15(18)13-16/h9-11,13H,2-8,12,14H2,1H3,(H,20,21). The highest BCUT2D eigenvalue weighted by molar-refractivity contribution is 6.30. The molecule has 1 N–H and O–H groups in total. The van der Waals surface area contributed by atoms with Crippen LogP contribution in [0, 0.1) is 0 Å². The summed E-state index contributed by atoms with van der Waals surface area (Å²) in [5.74, 6) is -0.807. The monoisotopic (exact) mass is 311 g/mol. The molecule has 0 fully saturated rings. The zero-order chi connectivity index (χ0) is 15.5. The van der Waals surface area contributed by atoms with Gasteiger partial charge in [-0.1, -0.05) is 63.1 Å². The summed E-state index contributed by atoms with van der Waals surface area (Å²) in [6.07, 6.45) is 8.57. The van der Waals surface area contributed by atoms with Crippen LogP contribution in [0.15, 0.2) is 24.3 Å². The van der Waals surface area contributed by atoms with Crippen molar-refractivity contribution < 1.29 is 9.90 Å². The number of hydrogen-bond acceptors (Lipinski definition) is 2. The zero-order valence-electron chi connectivity index (χ0n) is 12.9. The van der Waals surface area contributed by atoms with E-state index in [9.17, 15) is 4.79 Å². The van der Waals surface area contributed by atoms with E-state index in [-0.39, 0.29) is 6.54 Å². The molecule has 21 heavy (non-hydrogen) atoms. The molecule has 0 amide bonds. The molecule has 1 aromatic rings. The Morgan fingerprint density at radius 2 is 1.81 bits per heavy atom. The van der Waals surface area contributed by atoms with Crippen LogP contribution in [0.25, 0.3) is 0 Å².